The van der Waals surface area contributed by atoms with Crippen LogP contribution in [0.5, 0.6) is 0 Å². The van der Waals surface area contributed by atoms with Crippen LogP contribution in [0.15, 0.2) is 18.2 Å². The van der Waals surface area contributed by atoms with Crippen LogP contribution in [0.3, 0.4) is 0 Å². The molecule has 0 spiro atoms. The summed E-state index contributed by atoms with van der Waals surface area (Å²) in [5, 5.41) is 6.63. The van der Waals surface area contributed by atoms with E-state index in [1.54, 1.807) is 6.26 Å². The van der Waals surface area contributed by atoms with Gasteiger partial charge in [0, 0.05) is 35.4 Å². The zero-order valence-electron chi connectivity index (χ0n) is 10.7. The molecule has 96 valence electrons. The van der Waals surface area contributed by atoms with Crippen LogP contribution in [0.1, 0.15) is 20.3 Å². The number of hydrogen-bond acceptors (Lipinski definition) is 4. The van der Waals surface area contributed by atoms with Crippen LogP contribution in [0.2, 0.25) is 0 Å². The minimum absolute atomic E-state index is 0.222. The Hall–Kier alpha value is -1.10. The molecular formula is C12H21N3OS. The lowest BCUT2D eigenvalue weighted by molar-refractivity contribution is 0.672. The number of nitrogens with one attached hydrogen (secondary N) is 2. The number of anilines is 2. The average molecular weight is 255 g/mol. The lowest BCUT2D eigenvalue weighted by Gasteiger charge is -2.10. The topological polar surface area (TPSA) is 54.0 Å². The maximum absolute atomic E-state index is 11.2. The molecule has 5 heteroatoms. The Labute approximate surface area is 106 Å². The number of pyridine rings is 1. The molecule has 1 heterocycles. The van der Waals surface area contributed by atoms with Gasteiger partial charge in [-0.1, -0.05) is 13.0 Å². The van der Waals surface area contributed by atoms with Crippen LogP contribution < -0.4 is 10.6 Å². The van der Waals surface area contributed by atoms with Crippen LogP contribution in [0.25, 0.3) is 0 Å². The third-order valence-electron chi connectivity index (χ3n) is 2.53. The highest BCUT2D eigenvalue weighted by atomic mass is 32.2. The van der Waals surface area contributed by atoms with E-state index >= 15 is 0 Å². The summed E-state index contributed by atoms with van der Waals surface area (Å²) in [5.41, 5.74) is 0. The highest BCUT2D eigenvalue weighted by molar-refractivity contribution is 7.84. The summed E-state index contributed by atoms with van der Waals surface area (Å²) in [6.45, 7) is 5.70. The fourth-order valence-electron chi connectivity index (χ4n) is 1.38. The van der Waals surface area contributed by atoms with Gasteiger partial charge in [0.05, 0.1) is 0 Å². The van der Waals surface area contributed by atoms with Gasteiger partial charge in [-0.2, -0.15) is 0 Å². The Morgan fingerprint density at radius 1 is 1.35 bits per heavy atom. The van der Waals surface area contributed by atoms with Crippen molar-refractivity contribution in [2.75, 3.05) is 30.0 Å². The summed E-state index contributed by atoms with van der Waals surface area (Å²) in [6, 6.07) is 5.85. The Balaban J connectivity index is 2.41. The van der Waals surface area contributed by atoms with Crippen LogP contribution in [-0.4, -0.2) is 33.8 Å². The van der Waals surface area contributed by atoms with Crippen LogP contribution in [0.4, 0.5) is 11.6 Å². The lowest BCUT2D eigenvalue weighted by atomic mass is 10.3. The summed E-state index contributed by atoms with van der Waals surface area (Å²) in [7, 11) is -0.748. The molecule has 0 amide bonds. The van der Waals surface area contributed by atoms with Crippen molar-refractivity contribution in [3.8, 4) is 0 Å². The van der Waals surface area contributed by atoms with Gasteiger partial charge in [-0.3, -0.25) is 4.21 Å². The highest BCUT2D eigenvalue weighted by Crippen LogP contribution is 2.09. The minimum atomic E-state index is -0.748. The third-order valence-corrected chi connectivity index (χ3v) is 3.90. The SMILES string of the molecule is CCNc1cccc(NCCC(C)S(C)=O)n1. The predicted octanol–water partition coefficient (Wildman–Crippen LogP) is 2.08. The van der Waals surface area contributed by atoms with Crippen molar-refractivity contribution in [3.63, 3.8) is 0 Å². The van der Waals surface area contributed by atoms with E-state index in [1.807, 2.05) is 32.0 Å². The molecule has 1 rings (SSSR count). The molecule has 0 bridgehead atoms. The summed E-state index contributed by atoms with van der Waals surface area (Å²) in [5.74, 6) is 1.74. The number of nitrogens with zero attached hydrogens (tertiary/aromatic N) is 1. The molecule has 2 unspecified atom stereocenters. The molecular weight excluding hydrogens is 234 g/mol. The Morgan fingerprint density at radius 3 is 2.59 bits per heavy atom. The van der Waals surface area contributed by atoms with E-state index in [2.05, 4.69) is 15.6 Å². The molecule has 2 atom stereocenters. The van der Waals surface area contributed by atoms with E-state index in [0.29, 0.717) is 0 Å². The van der Waals surface area contributed by atoms with E-state index in [0.717, 1.165) is 31.1 Å². The maximum atomic E-state index is 11.2. The van der Waals surface area contributed by atoms with Gasteiger partial charge in [-0.25, -0.2) is 4.98 Å². The summed E-state index contributed by atoms with van der Waals surface area (Å²) < 4.78 is 11.2. The van der Waals surface area contributed by atoms with Crippen molar-refractivity contribution in [2.24, 2.45) is 0 Å². The second kappa shape index (κ2) is 7.27. The zero-order valence-corrected chi connectivity index (χ0v) is 11.5. The molecule has 4 nitrogen and oxygen atoms in total. The smallest absolute Gasteiger partial charge is 0.128 e. The van der Waals surface area contributed by atoms with Gasteiger partial charge in [0.15, 0.2) is 0 Å². The van der Waals surface area contributed by atoms with Gasteiger partial charge in [0.25, 0.3) is 0 Å². The minimum Gasteiger partial charge on any atom is -0.370 e. The van der Waals surface area contributed by atoms with E-state index in [9.17, 15) is 4.21 Å². The highest BCUT2D eigenvalue weighted by Gasteiger charge is 2.05. The second-order valence-corrected chi connectivity index (χ2v) is 5.76. The summed E-state index contributed by atoms with van der Waals surface area (Å²) in [4.78, 5) is 4.41. The van der Waals surface area contributed by atoms with Gasteiger partial charge in [-0.05, 0) is 25.5 Å². The molecule has 0 aromatic carbocycles. The predicted molar refractivity (Wildman–Crippen MR) is 75.0 cm³/mol. The van der Waals surface area contributed by atoms with Crippen molar-refractivity contribution >= 4 is 22.4 Å². The average Bonchev–Trinajstić information content (AvgIpc) is 2.29. The Morgan fingerprint density at radius 2 is 2.00 bits per heavy atom. The first-order valence-electron chi connectivity index (χ1n) is 5.90. The molecule has 2 N–H and O–H groups in total. The fourth-order valence-corrected chi connectivity index (χ4v) is 1.83. The Kier molecular flexibility index (Phi) is 5.97. The van der Waals surface area contributed by atoms with Gasteiger partial charge in [0.2, 0.25) is 0 Å². The van der Waals surface area contributed by atoms with Gasteiger partial charge >= 0.3 is 0 Å². The van der Waals surface area contributed by atoms with Crippen LogP contribution >= 0.6 is 0 Å². The molecule has 0 fully saturated rings. The zero-order chi connectivity index (χ0) is 12.7. The van der Waals surface area contributed by atoms with E-state index in [-0.39, 0.29) is 5.25 Å². The standard InChI is InChI=1S/C12H21N3OS/c1-4-13-11-6-5-7-12(15-11)14-9-8-10(2)17(3)16/h5-7,10H,4,8-9H2,1-3H3,(H2,13,14,15). The summed E-state index contributed by atoms with van der Waals surface area (Å²) in [6.07, 6.45) is 2.63. The molecule has 0 aliphatic rings. The number of aromatic nitrogens is 1. The van der Waals surface area contributed by atoms with Crippen LogP contribution in [0, 0.1) is 0 Å². The van der Waals surface area contributed by atoms with Crippen molar-refractivity contribution in [1.82, 2.24) is 4.98 Å². The first kappa shape index (κ1) is 14.0. The molecule has 0 aliphatic heterocycles. The molecule has 1 aromatic rings. The normalized spacial score (nSPS) is 14.1. The first-order valence-corrected chi connectivity index (χ1v) is 7.52. The molecule has 1 aromatic heterocycles. The largest absolute Gasteiger partial charge is 0.370 e. The monoisotopic (exact) mass is 255 g/mol. The number of rotatable bonds is 7. The molecule has 0 radical (unpaired) electrons. The van der Waals surface area contributed by atoms with Crippen LogP contribution in [-0.2, 0) is 10.8 Å². The van der Waals surface area contributed by atoms with Crippen molar-refractivity contribution < 1.29 is 4.21 Å². The first-order chi connectivity index (χ1) is 8.13. The molecule has 17 heavy (non-hydrogen) atoms. The summed E-state index contributed by atoms with van der Waals surface area (Å²) >= 11 is 0. The van der Waals surface area contributed by atoms with Gasteiger partial charge in [0.1, 0.15) is 11.6 Å². The second-order valence-electron chi connectivity index (χ2n) is 3.96. The van der Waals surface area contributed by atoms with Gasteiger partial charge in [-0.15, -0.1) is 0 Å². The van der Waals surface area contributed by atoms with Crippen molar-refractivity contribution in [3.05, 3.63) is 18.2 Å². The molecule has 0 saturated heterocycles. The van der Waals surface area contributed by atoms with E-state index < -0.39 is 10.8 Å². The fraction of sp³-hybridized carbons (Fsp3) is 0.583. The van der Waals surface area contributed by atoms with Crippen molar-refractivity contribution in [2.45, 2.75) is 25.5 Å². The maximum Gasteiger partial charge on any atom is 0.128 e. The van der Waals surface area contributed by atoms with Crippen molar-refractivity contribution in [1.29, 1.82) is 0 Å². The quantitative estimate of drug-likeness (QED) is 0.783. The van der Waals surface area contributed by atoms with E-state index in [1.165, 1.54) is 0 Å². The molecule has 0 saturated carbocycles. The molecule has 0 aliphatic carbocycles. The third kappa shape index (κ3) is 5.17. The Bertz CT molecular complexity index is 371. The van der Waals surface area contributed by atoms with E-state index in [4.69, 9.17) is 0 Å². The lowest BCUT2D eigenvalue weighted by Crippen LogP contribution is -2.15. The number of hydrogen-bond donors (Lipinski definition) is 2. The van der Waals surface area contributed by atoms with Gasteiger partial charge < -0.3 is 10.6 Å².